The van der Waals surface area contributed by atoms with Crippen molar-refractivity contribution in [2.45, 2.75) is 26.8 Å². The predicted octanol–water partition coefficient (Wildman–Crippen LogP) is 1.48. The van der Waals surface area contributed by atoms with E-state index in [1.807, 2.05) is 18.5 Å². The second-order valence-electron chi connectivity index (χ2n) is 4.79. The molecule has 2 heterocycles. The molecule has 18 heavy (non-hydrogen) atoms. The summed E-state index contributed by atoms with van der Waals surface area (Å²) in [6.45, 7) is 11.6. The van der Waals surface area contributed by atoms with Gasteiger partial charge in [-0.1, -0.05) is 0 Å². The first-order valence-corrected chi connectivity index (χ1v) is 6.69. The van der Waals surface area contributed by atoms with Gasteiger partial charge >= 0.3 is 0 Å². The third-order valence-electron chi connectivity index (χ3n) is 3.23. The maximum absolute atomic E-state index is 5.49. The summed E-state index contributed by atoms with van der Waals surface area (Å²) >= 11 is 0. The van der Waals surface area contributed by atoms with Crippen LogP contribution in [-0.2, 0) is 4.74 Å². The Morgan fingerprint density at radius 1 is 1.44 bits per heavy atom. The van der Waals surface area contributed by atoms with Crippen molar-refractivity contribution in [1.29, 1.82) is 0 Å². The molecule has 1 aliphatic heterocycles. The molecule has 0 amide bonds. The molecule has 102 valence electrons. The molecule has 1 aliphatic rings. The lowest BCUT2D eigenvalue weighted by atomic mass is 10.3. The second-order valence-corrected chi connectivity index (χ2v) is 4.79. The summed E-state index contributed by atoms with van der Waals surface area (Å²) in [5.41, 5.74) is 1.10. The topological polar surface area (TPSA) is 39.5 Å². The monoisotopic (exact) mass is 253 g/mol. The SMILES string of the molecule is CCOc1nn(C(C)CN2CCOCC2)cc1C. The van der Waals surface area contributed by atoms with E-state index in [9.17, 15) is 0 Å². The highest BCUT2D eigenvalue weighted by Gasteiger charge is 2.16. The molecular weight excluding hydrogens is 230 g/mol. The van der Waals surface area contributed by atoms with Crippen molar-refractivity contribution in [3.63, 3.8) is 0 Å². The van der Waals surface area contributed by atoms with Gasteiger partial charge in [-0.25, -0.2) is 0 Å². The fourth-order valence-electron chi connectivity index (χ4n) is 2.21. The molecule has 0 bridgehead atoms. The minimum atomic E-state index is 0.357. The van der Waals surface area contributed by atoms with Crippen molar-refractivity contribution in [1.82, 2.24) is 14.7 Å². The number of hydrogen-bond acceptors (Lipinski definition) is 4. The normalized spacial score (nSPS) is 18.8. The third kappa shape index (κ3) is 3.23. The zero-order valence-electron chi connectivity index (χ0n) is 11.6. The van der Waals surface area contributed by atoms with Crippen LogP contribution in [0.15, 0.2) is 6.20 Å². The summed E-state index contributed by atoms with van der Waals surface area (Å²) in [4.78, 5) is 2.42. The largest absolute Gasteiger partial charge is 0.477 e. The predicted molar refractivity (Wildman–Crippen MR) is 70.1 cm³/mol. The van der Waals surface area contributed by atoms with Crippen LogP contribution in [-0.4, -0.2) is 54.1 Å². The lowest BCUT2D eigenvalue weighted by Crippen LogP contribution is -2.39. The van der Waals surface area contributed by atoms with E-state index in [2.05, 4.69) is 23.1 Å². The molecule has 0 aromatic carbocycles. The van der Waals surface area contributed by atoms with E-state index in [0.29, 0.717) is 12.6 Å². The van der Waals surface area contributed by atoms with E-state index < -0.39 is 0 Å². The minimum absolute atomic E-state index is 0.357. The molecule has 0 N–H and O–H groups in total. The van der Waals surface area contributed by atoms with Crippen LogP contribution in [0.1, 0.15) is 25.5 Å². The van der Waals surface area contributed by atoms with Gasteiger partial charge in [0, 0.05) is 31.4 Å². The first-order chi connectivity index (χ1) is 8.70. The van der Waals surface area contributed by atoms with Crippen molar-refractivity contribution in [2.24, 2.45) is 0 Å². The van der Waals surface area contributed by atoms with E-state index in [1.165, 1.54) is 0 Å². The van der Waals surface area contributed by atoms with Gasteiger partial charge in [0.1, 0.15) is 0 Å². The molecule has 0 saturated carbocycles. The number of hydrogen-bond donors (Lipinski definition) is 0. The van der Waals surface area contributed by atoms with Crippen molar-refractivity contribution in [3.05, 3.63) is 11.8 Å². The van der Waals surface area contributed by atoms with Gasteiger partial charge in [0.2, 0.25) is 5.88 Å². The molecular formula is C13H23N3O2. The van der Waals surface area contributed by atoms with Crippen LogP contribution < -0.4 is 4.74 Å². The Morgan fingerprint density at radius 3 is 2.83 bits per heavy atom. The quantitative estimate of drug-likeness (QED) is 0.797. The fourth-order valence-corrected chi connectivity index (χ4v) is 2.21. The van der Waals surface area contributed by atoms with Crippen molar-refractivity contribution in [2.75, 3.05) is 39.5 Å². The average molecular weight is 253 g/mol. The number of ether oxygens (including phenoxy) is 2. The van der Waals surface area contributed by atoms with Crippen LogP contribution >= 0.6 is 0 Å². The summed E-state index contributed by atoms with van der Waals surface area (Å²) in [7, 11) is 0. The van der Waals surface area contributed by atoms with Crippen LogP contribution in [0.5, 0.6) is 5.88 Å². The second kappa shape index (κ2) is 6.20. The maximum Gasteiger partial charge on any atom is 0.235 e. The van der Waals surface area contributed by atoms with E-state index in [0.717, 1.165) is 44.3 Å². The fraction of sp³-hybridized carbons (Fsp3) is 0.769. The Labute approximate surface area is 109 Å². The van der Waals surface area contributed by atoms with Crippen LogP contribution in [0, 0.1) is 6.92 Å². The number of aromatic nitrogens is 2. The summed E-state index contributed by atoms with van der Waals surface area (Å²) in [6, 6.07) is 0.357. The highest BCUT2D eigenvalue weighted by Crippen LogP contribution is 2.18. The molecule has 2 rings (SSSR count). The van der Waals surface area contributed by atoms with Gasteiger partial charge in [0.25, 0.3) is 0 Å². The lowest BCUT2D eigenvalue weighted by Gasteiger charge is -2.29. The van der Waals surface area contributed by atoms with Crippen molar-refractivity contribution < 1.29 is 9.47 Å². The molecule has 1 fully saturated rings. The summed E-state index contributed by atoms with van der Waals surface area (Å²) in [5.74, 6) is 0.756. The van der Waals surface area contributed by atoms with E-state index in [-0.39, 0.29) is 0 Å². The van der Waals surface area contributed by atoms with Gasteiger partial charge in [-0.05, 0) is 20.8 Å². The Morgan fingerprint density at radius 2 is 2.17 bits per heavy atom. The number of rotatable bonds is 5. The summed E-state index contributed by atoms with van der Waals surface area (Å²) in [5, 5.41) is 4.50. The standard InChI is InChI=1S/C13H23N3O2/c1-4-18-13-11(2)9-16(14-13)12(3)10-15-5-7-17-8-6-15/h9,12H,4-8,10H2,1-3H3. The first kappa shape index (κ1) is 13.4. The van der Waals surface area contributed by atoms with Crippen molar-refractivity contribution >= 4 is 0 Å². The highest BCUT2D eigenvalue weighted by molar-refractivity contribution is 5.21. The van der Waals surface area contributed by atoms with Crippen LogP contribution in [0.3, 0.4) is 0 Å². The smallest absolute Gasteiger partial charge is 0.235 e. The number of aryl methyl sites for hydroxylation is 1. The van der Waals surface area contributed by atoms with Crippen LogP contribution in [0.4, 0.5) is 0 Å². The minimum Gasteiger partial charge on any atom is -0.477 e. The highest BCUT2D eigenvalue weighted by atomic mass is 16.5. The number of morpholine rings is 1. The molecule has 1 atom stereocenters. The Hall–Kier alpha value is -1.07. The average Bonchev–Trinajstić information content (AvgIpc) is 2.73. The maximum atomic E-state index is 5.49. The molecule has 1 aromatic rings. The number of nitrogens with zero attached hydrogens (tertiary/aromatic N) is 3. The van der Waals surface area contributed by atoms with Crippen molar-refractivity contribution in [3.8, 4) is 5.88 Å². The van der Waals surface area contributed by atoms with E-state index in [4.69, 9.17) is 9.47 Å². The molecule has 0 aliphatic carbocycles. The van der Waals surface area contributed by atoms with Gasteiger partial charge in [-0.2, -0.15) is 0 Å². The van der Waals surface area contributed by atoms with Gasteiger partial charge in [-0.3, -0.25) is 9.58 Å². The van der Waals surface area contributed by atoms with Crippen LogP contribution in [0.25, 0.3) is 0 Å². The summed E-state index contributed by atoms with van der Waals surface area (Å²) in [6.07, 6.45) is 2.07. The van der Waals surface area contributed by atoms with Gasteiger partial charge < -0.3 is 9.47 Å². The Bertz CT molecular complexity index is 372. The lowest BCUT2D eigenvalue weighted by molar-refractivity contribution is 0.0318. The first-order valence-electron chi connectivity index (χ1n) is 6.69. The third-order valence-corrected chi connectivity index (χ3v) is 3.23. The Kier molecular flexibility index (Phi) is 4.60. The summed E-state index contributed by atoms with van der Waals surface area (Å²) < 4.78 is 12.9. The molecule has 1 aromatic heterocycles. The zero-order chi connectivity index (χ0) is 13.0. The molecule has 5 nitrogen and oxygen atoms in total. The molecule has 1 saturated heterocycles. The van der Waals surface area contributed by atoms with Gasteiger partial charge in [0.05, 0.1) is 25.9 Å². The molecule has 0 radical (unpaired) electrons. The van der Waals surface area contributed by atoms with Gasteiger partial charge in [0.15, 0.2) is 0 Å². The van der Waals surface area contributed by atoms with E-state index >= 15 is 0 Å². The van der Waals surface area contributed by atoms with Gasteiger partial charge in [-0.15, -0.1) is 5.10 Å². The molecule has 0 spiro atoms. The molecule has 1 unspecified atom stereocenters. The zero-order valence-corrected chi connectivity index (χ0v) is 11.6. The van der Waals surface area contributed by atoms with Crippen LogP contribution in [0.2, 0.25) is 0 Å². The molecule has 5 heteroatoms. The Balaban J connectivity index is 1.95. The van der Waals surface area contributed by atoms with E-state index in [1.54, 1.807) is 0 Å².